The van der Waals surface area contributed by atoms with Crippen LogP contribution in [-0.2, 0) is 10.1 Å². The van der Waals surface area contributed by atoms with E-state index in [1.54, 1.807) is 0 Å². The molecule has 0 rings (SSSR count). The van der Waals surface area contributed by atoms with Crippen LogP contribution in [0.15, 0.2) is 0 Å². The molecule has 0 aliphatic carbocycles. The fourth-order valence-electron chi connectivity index (χ4n) is 3.68. The third-order valence-corrected chi connectivity index (χ3v) is 7.26. The molecule has 0 radical (unpaired) electrons. The molecule has 0 aromatic rings. The number of aliphatic hydroxyl groups is 2. The Bertz CT molecular complexity index is 1280. The van der Waals surface area contributed by atoms with E-state index in [0.29, 0.717) is 0 Å². The van der Waals surface area contributed by atoms with E-state index in [2.05, 4.69) is 0 Å². The Morgan fingerprint density at radius 1 is 0.444 bits per heavy atom. The van der Waals surface area contributed by atoms with Crippen LogP contribution in [0.5, 0.6) is 0 Å². The molecule has 0 amide bonds. The summed E-state index contributed by atoms with van der Waals surface area (Å²) in [5, 5.41) is 19.2. The third-order valence-electron chi connectivity index (χ3n) is 6.58. The van der Waals surface area contributed by atoms with Gasteiger partial charge in [0.05, 0.1) is 28.1 Å². The van der Waals surface area contributed by atoms with Gasteiger partial charge in [-0.1, -0.05) is 0 Å². The standard InChI is InChI=1S/C20H17F26NO5S.Na/c21-9(22,11(25,26)13(29,30)15(33,34)17(37,38)19(41,42)43)3-7(48)5-47(1-2-53(50,51)52)6-8(49)4-10(23,24)12(27,28)14(31,32)16(35,36)18(39,40)20(44,45)46;/h7-8,48-49H,1-6H2,(H,50,51,52);/q;+1/p-1. The van der Waals surface area contributed by atoms with Crippen LogP contribution in [0.2, 0.25) is 0 Å². The van der Waals surface area contributed by atoms with Gasteiger partial charge in [-0.25, -0.2) is 8.42 Å². The number of aliphatic hydroxyl groups excluding tert-OH is 2. The van der Waals surface area contributed by atoms with E-state index >= 15 is 0 Å². The molecule has 0 aromatic heterocycles. The van der Waals surface area contributed by atoms with Gasteiger partial charge < -0.3 is 14.8 Å². The maximum atomic E-state index is 14.1. The van der Waals surface area contributed by atoms with E-state index in [0.717, 1.165) is 0 Å². The summed E-state index contributed by atoms with van der Waals surface area (Å²) in [5.41, 5.74) is 0. The van der Waals surface area contributed by atoms with Crippen molar-refractivity contribution in [2.45, 2.75) is 96.6 Å². The number of alkyl halides is 26. The van der Waals surface area contributed by atoms with Crippen molar-refractivity contribution in [3.05, 3.63) is 0 Å². The molecule has 0 saturated carbocycles. The molecule has 0 heterocycles. The molecule has 0 aliphatic rings. The molecular weight excluding hydrogens is 883 g/mol. The van der Waals surface area contributed by atoms with E-state index in [1.165, 1.54) is 0 Å². The summed E-state index contributed by atoms with van der Waals surface area (Å²) in [6.45, 7) is -6.54. The number of nitrogens with zero attached hydrogens (tertiary/aromatic N) is 1. The second kappa shape index (κ2) is 16.0. The normalized spacial score (nSPS) is 17.1. The zero-order valence-electron chi connectivity index (χ0n) is 25.2. The summed E-state index contributed by atoms with van der Waals surface area (Å²) in [7, 11) is -5.71. The fraction of sp³-hybridized carbons (Fsp3) is 1.00. The number of hydrogen-bond donors (Lipinski definition) is 2. The number of hydrogen-bond acceptors (Lipinski definition) is 6. The maximum absolute atomic E-state index is 14.1. The molecular formula is C20H16F26NNaO5S. The van der Waals surface area contributed by atoms with Gasteiger partial charge in [0, 0.05) is 32.5 Å². The summed E-state index contributed by atoms with van der Waals surface area (Å²) in [4.78, 5) is -0.567. The molecule has 0 aliphatic heterocycles. The zero-order valence-corrected chi connectivity index (χ0v) is 28.0. The van der Waals surface area contributed by atoms with Crippen LogP contribution in [0, 0.1) is 0 Å². The Kier molecular flexibility index (Phi) is 16.3. The van der Waals surface area contributed by atoms with Crippen LogP contribution in [0.4, 0.5) is 114 Å². The Labute approximate surface area is 303 Å². The fourth-order valence-corrected chi connectivity index (χ4v) is 4.16. The van der Waals surface area contributed by atoms with Crippen molar-refractivity contribution < 1.29 is 167 Å². The van der Waals surface area contributed by atoms with E-state index in [1.807, 2.05) is 0 Å². The summed E-state index contributed by atoms with van der Waals surface area (Å²) in [6.07, 6.45) is -30.3. The second-order valence-electron chi connectivity index (χ2n) is 10.7. The van der Waals surface area contributed by atoms with Crippen LogP contribution in [0.3, 0.4) is 0 Å². The minimum absolute atomic E-state index is 0. The first kappa shape index (κ1) is 55.1. The zero-order chi connectivity index (χ0) is 43.5. The van der Waals surface area contributed by atoms with Gasteiger partial charge in [-0.15, -0.1) is 0 Å². The van der Waals surface area contributed by atoms with Crippen molar-refractivity contribution in [3.63, 3.8) is 0 Å². The summed E-state index contributed by atoms with van der Waals surface area (Å²) < 4.78 is 377. The minimum atomic E-state index is -8.44. The van der Waals surface area contributed by atoms with Crippen LogP contribution in [0.1, 0.15) is 12.8 Å². The molecule has 0 aromatic carbocycles. The summed E-state index contributed by atoms with van der Waals surface area (Å²) >= 11 is 0. The predicted molar refractivity (Wildman–Crippen MR) is 114 cm³/mol. The maximum Gasteiger partial charge on any atom is 1.00 e. The van der Waals surface area contributed by atoms with Gasteiger partial charge in [-0.05, 0) is 0 Å². The molecule has 54 heavy (non-hydrogen) atoms. The topological polar surface area (TPSA) is 101 Å². The average Bonchev–Trinajstić information content (AvgIpc) is 2.88. The van der Waals surface area contributed by atoms with Crippen LogP contribution in [0.25, 0.3) is 0 Å². The first-order valence-corrected chi connectivity index (χ1v) is 14.1. The molecule has 6 nitrogen and oxygen atoms in total. The van der Waals surface area contributed by atoms with Crippen LogP contribution in [-0.4, -0.2) is 137 Å². The number of rotatable bonds is 19. The molecule has 2 unspecified atom stereocenters. The molecule has 0 bridgehead atoms. The van der Waals surface area contributed by atoms with Gasteiger partial charge in [-0.3, -0.25) is 4.90 Å². The first-order chi connectivity index (χ1) is 22.6. The Balaban J connectivity index is 0. The molecule has 34 heteroatoms. The van der Waals surface area contributed by atoms with Crippen molar-refractivity contribution in [2.75, 3.05) is 25.4 Å². The molecule has 2 atom stereocenters. The van der Waals surface area contributed by atoms with Gasteiger partial charge in [-0.2, -0.15) is 114 Å². The van der Waals surface area contributed by atoms with E-state index in [-0.39, 0.29) is 29.6 Å². The second-order valence-corrected chi connectivity index (χ2v) is 12.3. The SMILES string of the molecule is O=S(=O)([O-])CCN(CC(O)CC(F)(F)C(F)(F)C(F)(F)C(F)(F)C(F)(F)C(F)(F)F)CC(O)CC(F)(F)C(F)(F)C(F)(F)C(F)(F)C(F)(F)C(F)(F)F.[Na+]. The van der Waals surface area contributed by atoms with E-state index in [9.17, 15) is 137 Å². The average molecular weight is 899 g/mol. The van der Waals surface area contributed by atoms with E-state index < -0.39 is 137 Å². The molecule has 0 spiro atoms. The largest absolute Gasteiger partial charge is 1.00 e. The van der Waals surface area contributed by atoms with Crippen LogP contribution >= 0.6 is 0 Å². The van der Waals surface area contributed by atoms with Gasteiger partial charge in [0.15, 0.2) is 0 Å². The number of halogens is 26. The quantitative estimate of drug-likeness (QED) is 0.116. The molecule has 2 N–H and O–H groups in total. The third kappa shape index (κ3) is 9.97. The van der Waals surface area contributed by atoms with Crippen LogP contribution < -0.4 is 29.6 Å². The molecule has 0 fully saturated rings. The first-order valence-electron chi connectivity index (χ1n) is 12.5. The van der Waals surface area contributed by atoms with Crippen molar-refractivity contribution >= 4 is 10.1 Å². The molecule has 320 valence electrons. The van der Waals surface area contributed by atoms with E-state index in [4.69, 9.17) is 0 Å². The Morgan fingerprint density at radius 3 is 0.870 bits per heavy atom. The summed E-state index contributed by atoms with van der Waals surface area (Å²) in [6, 6.07) is 0. The van der Waals surface area contributed by atoms with Gasteiger partial charge in [0.1, 0.15) is 0 Å². The van der Waals surface area contributed by atoms with Gasteiger partial charge in [0.2, 0.25) is 0 Å². The smallest absolute Gasteiger partial charge is 0.748 e. The Hall–Kier alpha value is -1.03. The Morgan fingerprint density at radius 2 is 0.667 bits per heavy atom. The molecule has 0 saturated heterocycles. The van der Waals surface area contributed by atoms with Crippen molar-refractivity contribution in [3.8, 4) is 0 Å². The van der Waals surface area contributed by atoms with Crippen molar-refractivity contribution in [1.29, 1.82) is 0 Å². The monoisotopic (exact) mass is 899 g/mol. The van der Waals surface area contributed by atoms with Gasteiger partial charge >= 0.3 is 101 Å². The minimum Gasteiger partial charge on any atom is -0.748 e. The van der Waals surface area contributed by atoms with Crippen molar-refractivity contribution in [1.82, 2.24) is 4.90 Å². The van der Waals surface area contributed by atoms with Gasteiger partial charge in [0.25, 0.3) is 0 Å². The predicted octanol–water partition coefficient (Wildman–Crippen LogP) is 3.82. The summed E-state index contributed by atoms with van der Waals surface area (Å²) in [5.74, 6) is -82.5. The van der Waals surface area contributed by atoms with Crippen molar-refractivity contribution in [2.24, 2.45) is 0 Å².